The summed E-state index contributed by atoms with van der Waals surface area (Å²) in [5.74, 6) is 0.507. The fourth-order valence-electron chi connectivity index (χ4n) is 1.65. The van der Waals surface area contributed by atoms with Crippen molar-refractivity contribution in [2.75, 3.05) is 18.5 Å². The first-order valence-corrected chi connectivity index (χ1v) is 6.63. The van der Waals surface area contributed by atoms with Crippen LogP contribution in [0.25, 0.3) is 0 Å². The first-order valence-electron chi connectivity index (χ1n) is 6.63. The molecular formula is C13H19N6O+. The molecule has 0 aliphatic heterocycles. The molecule has 2 aromatic rings. The van der Waals surface area contributed by atoms with Gasteiger partial charge in [-0.3, -0.25) is 0 Å². The summed E-state index contributed by atoms with van der Waals surface area (Å²) in [5.41, 5.74) is 1.83. The topological polar surface area (TPSA) is 89.5 Å². The molecule has 7 nitrogen and oxygen atoms in total. The van der Waals surface area contributed by atoms with Gasteiger partial charge in [-0.2, -0.15) is 0 Å². The van der Waals surface area contributed by atoms with E-state index in [-0.39, 0.29) is 6.61 Å². The lowest BCUT2D eigenvalue weighted by molar-refractivity contribution is -0.685. The zero-order chi connectivity index (χ0) is 14.2. The quantitative estimate of drug-likeness (QED) is 0.532. The van der Waals surface area contributed by atoms with E-state index in [1.165, 1.54) is 0 Å². The molecule has 0 saturated carbocycles. The molecule has 1 aromatic carbocycles. The van der Waals surface area contributed by atoms with Crippen molar-refractivity contribution in [1.29, 1.82) is 0 Å². The second-order valence-corrected chi connectivity index (χ2v) is 4.27. The largest absolute Gasteiger partial charge is 0.401 e. The summed E-state index contributed by atoms with van der Waals surface area (Å²) in [6, 6.07) is 7.74. The number of H-pyrrole nitrogens is 1. The number of anilines is 1. The lowest BCUT2D eigenvalue weighted by Crippen LogP contribution is -2.33. The first-order chi connectivity index (χ1) is 9.83. The third kappa shape index (κ3) is 3.86. The monoisotopic (exact) mass is 275 g/mol. The van der Waals surface area contributed by atoms with Crippen LogP contribution in [-0.4, -0.2) is 28.5 Å². The van der Waals surface area contributed by atoms with Gasteiger partial charge in [0.1, 0.15) is 0 Å². The molecule has 20 heavy (non-hydrogen) atoms. The highest BCUT2D eigenvalue weighted by molar-refractivity contribution is 5.50. The molecule has 0 spiro atoms. The summed E-state index contributed by atoms with van der Waals surface area (Å²) in [7, 11) is 0. The number of aliphatic hydroxyl groups is 1. The van der Waals surface area contributed by atoms with Gasteiger partial charge in [-0.15, -0.1) is 5.10 Å². The Kier molecular flexibility index (Phi) is 5.19. The van der Waals surface area contributed by atoms with E-state index in [4.69, 9.17) is 5.11 Å². The number of aromatic nitrogens is 3. The lowest BCUT2D eigenvalue weighted by atomic mass is 10.3. The summed E-state index contributed by atoms with van der Waals surface area (Å²) in [6.07, 6.45) is 2.66. The highest BCUT2D eigenvalue weighted by Crippen LogP contribution is 2.17. The number of hydrogen-bond donors (Lipinski definition) is 3. The number of benzene rings is 1. The Morgan fingerprint density at radius 3 is 2.80 bits per heavy atom. The molecule has 0 aliphatic carbocycles. The molecule has 0 radical (unpaired) electrons. The highest BCUT2D eigenvalue weighted by atomic mass is 16.3. The fourth-order valence-corrected chi connectivity index (χ4v) is 1.65. The minimum atomic E-state index is 0.0323. The van der Waals surface area contributed by atoms with E-state index in [0.29, 0.717) is 12.5 Å². The number of azo groups is 1. The van der Waals surface area contributed by atoms with Gasteiger partial charge in [-0.1, -0.05) is 12.0 Å². The summed E-state index contributed by atoms with van der Waals surface area (Å²) in [5, 5.41) is 27.0. The molecular weight excluding hydrogens is 256 g/mol. The smallest absolute Gasteiger partial charge is 0.393 e. The Hall–Kier alpha value is -2.28. The van der Waals surface area contributed by atoms with Crippen LogP contribution in [0.5, 0.6) is 0 Å². The zero-order valence-corrected chi connectivity index (χ0v) is 11.5. The maximum atomic E-state index is 8.91. The van der Waals surface area contributed by atoms with E-state index >= 15 is 0 Å². The van der Waals surface area contributed by atoms with Crippen molar-refractivity contribution in [3.8, 4) is 0 Å². The lowest BCUT2D eigenvalue weighted by Gasteiger charge is -2.03. The summed E-state index contributed by atoms with van der Waals surface area (Å²) < 4.78 is 1.70. The van der Waals surface area contributed by atoms with E-state index in [2.05, 4.69) is 32.7 Å². The third-order valence-corrected chi connectivity index (χ3v) is 2.68. The molecule has 7 heteroatoms. The molecule has 0 aliphatic rings. The SMILES string of the molecule is CCCNc1ccc(N=Nc2[nH]nc[n+]2CCO)cc1. The summed E-state index contributed by atoms with van der Waals surface area (Å²) in [4.78, 5) is 0. The van der Waals surface area contributed by atoms with Crippen LogP contribution in [0.4, 0.5) is 17.3 Å². The van der Waals surface area contributed by atoms with Gasteiger partial charge in [0.25, 0.3) is 0 Å². The van der Waals surface area contributed by atoms with Crippen molar-refractivity contribution in [3.63, 3.8) is 0 Å². The first kappa shape index (κ1) is 14.1. The van der Waals surface area contributed by atoms with Crippen molar-refractivity contribution in [2.45, 2.75) is 19.9 Å². The van der Waals surface area contributed by atoms with Crippen LogP contribution in [-0.2, 0) is 6.54 Å². The Morgan fingerprint density at radius 1 is 1.30 bits per heavy atom. The predicted molar refractivity (Wildman–Crippen MR) is 75.3 cm³/mol. The van der Waals surface area contributed by atoms with Crippen molar-refractivity contribution < 1.29 is 9.67 Å². The normalized spacial score (nSPS) is 11.1. The average Bonchev–Trinajstić information content (AvgIpc) is 2.92. The highest BCUT2D eigenvalue weighted by Gasteiger charge is 2.09. The second-order valence-electron chi connectivity index (χ2n) is 4.27. The molecule has 0 amide bonds. The van der Waals surface area contributed by atoms with Gasteiger partial charge in [0.15, 0.2) is 0 Å². The number of aliphatic hydroxyl groups excluding tert-OH is 1. The number of nitrogens with zero attached hydrogens (tertiary/aromatic N) is 4. The molecule has 0 saturated heterocycles. The van der Waals surface area contributed by atoms with Gasteiger partial charge >= 0.3 is 5.95 Å². The standard InChI is InChI=1S/C13H18N6O/c1-2-7-14-11-3-5-12(6-4-11)16-18-13-17-15-10-19(13)8-9-20/h3-6,10,20H,2,7-9H2,1H3,(H,14,17,18)/p+1. The minimum absolute atomic E-state index is 0.0323. The average molecular weight is 275 g/mol. The molecule has 2 rings (SSSR count). The van der Waals surface area contributed by atoms with Crippen molar-refractivity contribution in [3.05, 3.63) is 30.6 Å². The van der Waals surface area contributed by atoms with Crippen molar-refractivity contribution in [2.24, 2.45) is 10.2 Å². The number of nitrogens with one attached hydrogen (secondary N) is 2. The van der Waals surface area contributed by atoms with E-state index in [9.17, 15) is 0 Å². The molecule has 106 valence electrons. The van der Waals surface area contributed by atoms with Gasteiger partial charge < -0.3 is 10.4 Å². The van der Waals surface area contributed by atoms with Crippen molar-refractivity contribution in [1.82, 2.24) is 10.2 Å². The van der Waals surface area contributed by atoms with Crippen LogP contribution in [0, 0.1) is 0 Å². The van der Waals surface area contributed by atoms with Crippen LogP contribution in [0.15, 0.2) is 40.8 Å². The van der Waals surface area contributed by atoms with Crippen LogP contribution >= 0.6 is 0 Å². The molecule has 1 aromatic heterocycles. The molecule has 3 N–H and O–H groups in total. The van der Waals surface area contributed by atoms with Gasteiger partial charge in [0.2, 0.25) is 6.33 Å². The van der Waals surface area contributed by atoms with Gasteiger partial charge in [-0.25, -0.2) is 4.57 Å². The third-order valence-electron chi connectivity index (χ3n) is 2.68. The molecule has 1 heterocycles. The fraction of sp³-hybridized carbons (Fsp3) is 0.385. The van der Waals surface area contributed by atoms with E-state index in [1.54, 1.807) is 10.9 Å². The number of aromatic amines is 1. The van der Waals surface area contributed by atoms with Crippen molar-refractivity contribution >= 4 is 17.3 Å². The van der Waals surface area contributed by atoms with Crippen LogP contribution in [0.2, 0.25) is 0 Å². The van der Waals surface area contributed by atoms with E-state index < -0.39 is 0 Å². The Labute approximate surface area is 117 Å². The van der Waals surface area contributed by atoms with E-state index in [1.807, 2.05) is 24.3 Å². The van der Waals surface area contributed by atoms with Crippen LogP contribution in [0.1, 0.15) is 13.3 Å². The minimum Gasteiger partial charge on any atom is -0.393 e. The maximum Gasteiger partial charge on any atom is 0.401 e. The Bertz CT molecular complexity index is 548. The Balaban J connectivity index is 2.01. The van der Waals surface area contributed by atoms with Gasteiger partial charge in [-0.05, 0) is 35.8 Å². The molecule has 0 atom stereocenters. The van der Waals surface area contributed by atoms with E-state index in [0.717, 1.165) is 24.3 Å². The Morgan fingerprint density at radius 2 is 2.10 bits per heavy atom. The predicted octanol–water partition coefficient (Wildman–Crippen LogP) is 1.93. The molecule has 0 unspecified atom stereocenters. The van der Waals surface area contributed by atoms with Crippen LogP contribution in [0.3, 0.4) is 0 Å². The van der Waals surface area contributed by atoms with Crippen LogP contribution < -0.4 is 9.88 Å². The van der Waals surface area contributed by atoms with Gasteiger partial charge in [0, 0.05) is 17.3 Å². The zero-order valence-electron chi connectivity index (χ0n) is 11.5. The maximum absolute atomic E-state index is 8.91. The number of hydrogen-bond acceptors (Lipinski definition) is 5. The summed E-state index contributed by atoms with van der Waals surface area (Å²) >= 11 is 0. The summed E-state index contributed by atoms with van der Waals surface area (Å²) in [6.45, 7) is 3.55. The van der Waals surface area contributed by atoms with Gasteiger partial charge in [0.05, 0.1) is 18.8 Å². The second kappa shape index (κ2) is 7.34. The molecule has 0 fully saturated rings. The molecule has 0 bridgehead atoms. The number of rotatable bonds is 7.